The summed E-state index contributed by atoms with van der Waals surface area (Å²) in [5.74, 6) is 0.230. The number of carbonyl (C=O) groups is 2. The minimum absolute atomic E-state index is 0.0298. The summed E-state index contributed by atoms with van der Waals surface area (Å²) in [6, 6.07) is 1.57. The lowest BCUT2D eigenvalue weighted by Gasteiger charge is -2.30. The fraction of sp³-hybridized carbons (Fsp3) is 0.706. The minimum Gasteiger partial charge on any atom is -0.376 e. The van der Waals surface area contributed by atoms with Gasteiger partial charge < -0.3 is 19.5 Å². The molecule has 3 rings (SSSR count). The predicted molar refractivity (Wildman–Crippen MR) is 87.3 cm³/mol. The maximum atomic E-state index is 12.9. The van der Waals surface area contributed by atoms with Crippen molar-refractivity contribution in [1.82, 2.24) is 10.1 Å². The van der Waals surface area contributed by atoms with E-state index in [1.807, 2.05) is 0 Å². The third kappa shape index (κ3) is 4.56. The topological polar surface area (TPSA) is 84.7 Å². The fourth-order valence-electron chi connectivity index (χ4n) is 3.51. The van der Waals surface area contributed by atoms with Crippen LogP contribution in [0.2, 0.25) is 0 Å². The summed E-state index contributed by atoms with van der Waals surface area (Å²) in [5, 5.41) is 6.32. The number of nitrogens with one attached hydrogen (secondary N) is 1. The van der Waals surface area contributed by atoms with Crippen molar-refractivity contribution in [1.29, 1.82) is 0 Å². The van der Waals surface area contributed by atoms with Gasteiger partial charge in [-0.25, -0.2) is 0 Å². The van der Waals surface area contributed by atoms with Gasteiger partial charge in [0.1, 0.15) is 12.8 Å². The third-order valence-electron chi connectivity index (χ3n) is 4.75. The highest BCUT2D eigenvalue weighted by Crippen LogP contribution is 2.26. The Labute approximate surface area is 141 Å². The summed E-state index contributed by atoms with van der Waals surface area (Å²) in [7, 11) is 0. The summed E-state index contributed by atoms with van der Waals surface area (Å²) in [5.41, 5.74) is 0. The Morgan fingerprint density at radius 1 is 1.21 bits per heavy atom. The van der Waals surface area contributed by atoms with Crippen LogP contribution in [0.25, 0.3) is 0 Å². The molecule has 1 N–H and O–H groups in total. The first kappa shape index (κ1) is 17.0. The molecule has 24 heavy (non-hydrogen) atoms. The van der Waals surface area contributed by atoms with Crippen LogP contribution in [-0.2, 0) is 14.3 Å². The van der Waals surface area contributed by atoms with Gasteiger partial charge in [0, 0.05) is 25.1 Å². The third-order valence-corrected chi connectivity index (χ3v) is 4.75. The van der Waals surface area contributed by atoms with E-state index in [0.717, 1.165) is 45.1 Å². The number of ether oxygens (including phenoxy) is 1. The molecule has 2 heterocycles. The largest absolute Gasteiger partial charge is 0.376 e. The predicted octanol–water partition coefficient (Wildman–Crippen LogP) is 2.20. The number of hydrogen-bond donors (Lipinski definition) is 1. The second kappa shape index (κ2) is 8.28. The Balaban J connectivity index is 1.61. The SMILES string of the molecule is O=C(CN(CC1CCCO1)C(=O)C1CCCCC1)Nc1ccon1. The molecule has 1 saturated heterocycles. The van der Waals surface area contributed by atoms with Crippen LogP contribution in [0.5, 0.6) is 0 Å². The second-order valence-corrected chi connectivity index (χ2v) is 6.62. The molecule has 1 aliphatic carbocycles. The van der Waals surface area contributed by atoms with E-state index in [4.69, 9.17) is 9.26 Å². The Morgan fingerprint density at radius 3 is 2.71 bits per heavy atom. The average molecular weight is 335 g/mol. The summed E-state index contributed by atoms with van der Waals surface area (Å²) >= 11 is 0. The zero-order valence-corrected chi connectivity index (χ0v) is 13.9. The van der Waals surface area contributed by atoms with Crippen LogP contribution in [0.15, 0.2) is 16.9 Å². The summed E-state index contributed by atoms with van der Waals surface area (Å²) in [6.45, 7) is 1.25. The van der Waals surface area contributed by atoms with E-state index in [1.54, 1.807) is 11.0 Å². The number of rotatable bonds is 6. The van der Waals surface area contributed by atoms with Gasteiger partial charge in [-0.2, -0.15) is 0 Å². The van der Waals surface area contributed by atoms with Crippen molar-refractivity contribution in [2.75, 3.05) is 25.0 Å². The maximum absolute atomic E-state index is 12.9. The number of nitrogens with zero attached hydrogens (tertiary/aromatic N) is 2. The van der Waals surface area contributed by atoms with Gasteiger partial charge in [-0.15, -0.1) is 0 Å². The molecular formula is C17H25N3O4. The number of hydrogen-bond acceptors (Lipinski definition) is 5. The first-order valence-corrected chi connectivity index (χ1v) is 8.83. The molecule has 1 aliphatic heterocycles. The second-order valence-electron chi connectivity index (χ2n) is 6.62. The molecule has 0 aromatic carbocycles. The fourth-order valence-corrected chi connectivity index (χ4v) is 3.51. The standard InChI is InChI=1S/C17H25N3O4/c21-16(18-15-8-10-24-19-15)12-20(11-14-7-4-9-23-14)17(22)13-5-2-1-3-6-13/h8,10,13-14H,1-7,9,11-12H2,(H,18,19,21). The number of anilines is 1. The molecule has 0 bridgehead atoms. The summed E-state index contributed by atoms with van der Waals surface area (Å²) in [6.07, 6.45) is 8.62. The molecule has 7 nitrogen and oxygen atoms in total. The number of carbonyl (C=O) groups excluding carboxylic acids is 2. The highest BCUT2D eigenvalue weighted by molar-refractivity contribution is 5.94. The molecule has 1 unspecified atom stereocenters. The first-order chi connectivity index (χ1) is 11.7. The molecule has 1 aromatic rings. The van der Waals surface area contributed by atoms with Crippen molar-refractivity contribution in [3.05, 3.63) is 12.3 Å². The van der Waals surface area contributed by atoms with Crippen LogP contribution in [0.1, 0.15) is 44.9 Å². The van der Waals surface area contributed by atoms with Crippen molar-refractivity contribution in [3.8, 4) is 0 Å². The van der Waals surface area contributed by atoms with Gasteiger partial charge >= 0.3 is 0 Å². The van der Waals surface area contributed by atoms with Gasteiger partial charge in [0.15, 0.2) is 5.82 Å². The van der Waals surface area contributed by atoms with Crippen LogP contribution in [0.4, 0.5) is 5.82 Å². The molecule has 2 fully saturated rings. The molecule has 2 aliphatic rings. The average Bonchev–Trinajstić information content (AvgIpc) is 3.28. The Morgan fingerprint density at radius 2 is 2.04 bits per heavy atom. The molecule has 1 atom stereocenters. The van der Waals surface area contributed by atoms with E-state index >= 15 is 0 Å². The normalized spacial score (nSPS) is 21.6. The van der Waals surface area contributed by atoms with E-state index in [1.165, 1.54) is 12.7 Å². The highest BCUT2D eigenvalue weighted by atomic mass is 16.5. The summed E-state index contributed by atoms with van der Waals surface area (Å²) in [4.78, 5) is 26.8. The Kier molecular flexibility index (Phi) is 5.85. The van der Waals surface area contributed by atoms with E-state index in [-0.39, 0.29) is 30.4 Å². The smallest absolute Gasteiger partial charge is 0.245 e. The van der Waals surface area contributed by atoms with Crippen LogP contribution < -0.4 is 5.32 Å². The number of amides is 2. The van der Waals surface area contributed by atoms with E-state index in [2.05, 4.69) is 10.5 Å². The Bertz CT molecular complexity index is 534. The molecule has 1 saturated carbocycles. The van der Waals surface area contributed by atoms with Crippen LogP contribution in [-0.4, -0.2) is 47.7 Å². The lowest BCUT2D eigenvalue weighted by molar-refractivity contribution is -0.140. The van der Waals surface area contributed by atoms with Crippen LogP contribution in [0.3, 0.4) is 0 Å². The lowest BCUT2D eigenvalue weighted by Crippen LogP contribution is -2.45. The quantitative estimate of drug-likeness (QED) is 0.861. The molecule has 2 amide bonds. The van der Waals surface area contributed by atoms with Crippen LogP contribution >= 0.6 is 0 Å². The molecule has 1 aromatic heterocycles. The monoisotopic (exact) mass is 335 g/mol. The van der Waals surface area contributed by atoms with Crippen molar-refractivity contribution in [2.24, 2.45) is 5.92 Å². The highest BCUT2D eigenvalue weighted by Gasteiger charge is 2.30. The van der Waals surface area contributed by atoms with Crippen molar-refractivity contribution >= 4 is 17.6 Å². The van der Waals surface area contributed by atoms with E-state index < -0.39 is 0 Å². The van der Waals surface area contributed by atoms with Gasteiger partial charge in [-0.1, -0.05) is 24.4 Å². The van der Waals surface area contributed by atoms with Crippen molar-refractivity contribution < 1.29 is 18.8 Å². The lowest BCUT2D eigenvalue weighted by atomic mass is 9.88. The molecule has 132 valence electrons. The van der Waals surface area contributed by atoms with E-state index in [0.29, 0.717) is 12.4 Å². The molecule has 7 heteroatoms. The van der Waals surface area contributed by atoms with Crippen LogP contribution in [0, 0.1) is 5.92 Å². The van der Waals surface area contributed by atoms with E-state index in [9.17, 15) is 9.59 Å². The van der Waals surface area contributed by atoms with Gasteiger partial charge in [-0.3, -0.25) is 9.59 Å². The van der Waals surface area contributed by atoms with Crippen molar-refractivity contribution in [3.63, 3.8) is 0 Å². The zero-order valence-electron chi connectivity index (χ0n) is 13.9. The van der Waals surface area contributed by atoms with Crippen molar-refractivity contribution in [2.45, 2.75) is 51.0 Å². The summed E-state index contributed by atoms with van der Waals surface area (Å²) < 4.78 is 10.4. The minimum atomic E-state index is -0.258. The van der Waals surface area contributed by atoms with Gasteiger partial charge in [0.2, 0.25) is 11.8 Å². The van der Waals surface area contributed by atoms with Gasteiger partial charge in [0.25, 0.3) is 0 Å². The van der Waals surface area contributed by atoms with Gasteiger partial charge in [0.05, 0.1) is 6.10 Å². The Hall–Kier alpha value is -1.89. The zero-order chi connectivity index (χ0) is 16.8. The molecule has 0 radical (unpaired) electrons. The van der Waals surface area contributed by atoms with Gasteiger partial charge in [-0.05, 0) is 25.7 Å². The molecule has 0 spiro atoms. The number of aromatic nitrogens is 1. The first-order valence-electron chi connectivity index (χ1n) is 8.83. The maximum Gasteiger partial charge on any atom is 0.245 e. The molecular weight excluding hydrogens is 310 g/mol.